The molecule has 1 aromatic carbocycles. The Morgan fingerprint density at radius 3 is 2.73 bits per heavy atom. The van der Waals surface area contributed by atoms with Crippen LogP contribution in [-0.4, -0.2) is 22.3 Å². The van der Waals surface area contributed by atoms with Crippen molar-refractivity contribution in [3.8, 4) is 0 Å². The number of fused-ring (bicyclic) bond motifs is 1. The molecule has 2 aromatic rings. The third kappa shape index (κ3) is 3.32. The van der Waals surface area contributed by atoms with Gasteiger partial charge >= 0.3 is 0 Å². The number of ether oxygens (including phenoxy) is 1. The van der Waals surface area contributed by atoms with Crippen molar-refractivity contribution in [1.82, 2.24) is 9.55 Å². The van der Waals surface area contributed by atoms with E-state index in [-0.39, 0.29) is 17.2 Å². The summed E-state index contributed by atoms with van der Waals surface area (Å²) in [5.41, 5.74) is 6.09. The molecule has 6 heteroatoms. The van der Waals surface area contributed by atoms with Crippen LogP contribution in [0.3, 0.4) is 0 Å². The average Bonchev–Trinajstić information content (AvgIpc) is 2.45. The van der Waals surface area contributed by atoms with Gasteiger partial charge in [-0.05, 0) is 39.3 Å². The van der Waals surface area contributed by atoms with E-state index >= 15 is 0 Å². The van der Waals surface area contributed by atoms with E-state index in [9.17, 15) is 4.79 Å². The molecule has 0 saturated carbocycles. The molecule has 0 aliphatic heterocycles. The highest BCUT2D eigenvalue weighted by molar-refractivity contribution is 6.35. The molecule has 2 rings (SSSR count). The number of halogens is 1. The SMILES string of the molecule is COC(C)(C)CCn1c([C@H](C)N)nc2cccc(Cl)c2c1=O. The first kappa shape index (κ1) is 16.9. The quantitative estimate of drug-likeness (QED) is 0.918. The Morgan fingerprint density at radius 1 is 1.45 bits per heavy atom. The highest BCUT2D eigenvalue weighted by Gasteiger charge is 2.20. The predicted octanol–water partition coefficient (Wildman–Crippen LogP) is 2.88. The number of benzene rings is 1. The van der Waals surface area contributed by atoms with Gasteiger partial charge in [-0.25, -0.2) is 4.98 Å². The van der Waals surface area contributed by atoms with Gasteiger partial charge in [0.05, 0.1) is 27.6 Å². The normalized spacial score (nSPS) is 13.5. The number of hydrogen-bond donors (Lipinski definition) is 1. The lowest BCUT2D eigenvalue weighted by molar-refractivity contribution is 0.0116. The van der Waals surface area contributed by atoms with E-state index in [1.807, 2.05) is 20.8 Å². The molecule has 0 aliphatic rings. The fraction of sp³-hybridized carbons (Fsp3) is 0.500. The second kappa shape index (κ2) is 6.36. The summed E-state index contributed by atoms with van der Waals surface area (Å²) in [5, 5.41) is 0.842. The second-order valence-corrected chi connectivity index (χ2v) is 6.47. The Bertz CT molecular complexity index is 738. The lowest BCUT2D eigenvalue weighted by Crippen LogP contribution is -2.32. The number of nitrogens with zero attached hydrogens (tertiary/aromatic N) is 2. The first-order valence-corrected chi connectivity index (χ1v) is 7.64. The third-order valence-corrected chi connectivity index (χ3v) is 4.17. The Balaban J connectivity index is 2.60. The molecule has 5 nitrogen and oxygen atoms in total. The van der Waals surface area contributed by atoms with Crippen molar-refractivity contribution in [2.75, 3.05) is 7.11 Å². The van der Waals surface area contributed by atoms with Crippen LogP contribution in [-0.2, 0) is 11.3 Å². The van der Waals surface area contributed by atoms with E-state index in [2.05, 4.69) is 4.98 Å². The Labute approximate surface area is 135 Å². The fourth-order valence-electron chi connectivity index (χ4n) is 2.29. The molecule has 0 spiro atoms. The van der Waals surface area contributed by atoms with Gasteiger partial charge in [-0.2, -0.15) is 0 Å². The summed E-state index contributed by atoms with van der Waals surface area (Å²) in [5.74, 6) is 0.562. The van der Waals surface area contributed by atoms with Gasteiger partial charge in [-0.3, -0.25) is 9.36 Å². The first-order valence-electron chi connectivity index (χ1n) is 7.26. The van der Waals surface area contributed by atoms with Crippen molar-refractivity contribution >= 4 is 22.5 Å². The molecule has 2 N–H and O–H groups in total. The standard InChI is InChI=1S/C16H22ClN3O2/c1-10(18)14-19-12-7-5-6-11(17)13(12)15(21)20(14)9-8-16(2,3)22-4/h5-7,10H,8-9,18H2,1-4H3/t10-/m0/s1. The minimum absolute atomic E-state index is 0.158. The van der Waals surface area contributed by atoms with Gasteiger partial charge in [0.25, 0.3) is 5.56 Å². The molecule has 0 radical (unpaired) electrons. The minimum atomic E-state index is -0.346. The van der Waals surface area contributed by atoms with Gasteiger partial charge in [0.1, 0.15) is 5.82 Å². The lowest BCUT2D eigenvalue weighted by Gasteiger charge is -2.24. The summed E-state index contributed by atoms with van der Waals surface area (Å²) in [4.78, 5) is 17.4. The van der Waals surface area contributed by atoms with Crippen LogP contribution in [0.1, 0.15) is 39.1 Å². The van der Waals surface area contributed by atoms with E-state index in [0.717, 1.165) is 0 Å². The molecule has 0 aliphatic carbocycles. The molecule has 0 fully saturated rings. The molecule has 0 saturated heterocycles. The fourth-order valence-corrected chi connectivity index (χ4v) is 2.54. The zero-order valence-corrected chi connectivity index (χ0v) is 14.1. The molecular weight excluding hydrogens is 302 g/mol. The molecule has 0 amide bonds. The van der Waals surface area contributed by atoms with Crippen LogP contribution in [0.2, 0.25) is 5.02 Å². The van der Waals surface area contributed by atoms with E-state index in [0.29, 0.717) is 34.7 Å². The summed E-state index contributed by atoms with van der Waals surface area (Å²) in [6.45, 7) is 6.25. The van der Waals surface area contributed by atoms with Gasteiger partial charge in [0.2, 0.25) is 0 Å². The van der Waals surface area contributed by atoms with Crippen LogP contribution in [0.5, 0.6) is 0 Å². The van der Waals surface area contributed by atoms with Crippen molar-refractivity contribution in [2.45, 2.75) is 45.4 Å². The first-order chi connectivity index (χ1) is 10.3. The smallest absolute Gasteiger partial charge is 0.262 e. The van der Waals surface area contributed by atoms with E-state index in [1.165, 1.54) is 0 Å². The Hall–Kier alpha value is -1.43. The summed E-state index contributed by atoms with van der Waals surface area (Å²) in [6.07, 6.45) is 0.667. The average molecular weight is 324 g/mol. The molecule has 1 aromatic heterocycles. The third-order valence-electron chi connectivity index (χ3n) is 3.86. The second-order valence-electron chi connectivity index (χ2n) is 6.06. The van der Waals surface area contributed by atoms with Crippen molar-refractivity contribution in [3.05, 3.63) is 39.4 Å². The number of hydrogen-bond acceptors (Lipinski definition) is 4. The maximum Gasteiger partial charge on any atom is 0.262 e. The highest BCUT2D eigenvalue weighted by atomic mass is 35.5. The number of methoxy groups -OCH3 is 1. The van der Waals surface area contributed by atoms with Crippen molar-refractivity contribution in [2.24, 2.45) is 5.73 Å². The summed E-state index contributed by atoms with van der Waals surface area (Å²) in [7, 11) is 1.66. The highest BCUT2D eigenvalue weighted by Crippen LogP contribution is 2.21. The zero-order valence-electron chi connectivity index (χ0n) is 13.4. The van der Waals surface area contributed by atoms with E-state index < -0.39 is 0 Å². The van der Waals surface area contributed by atoms with Crippen LogP contribution < -0.4 is 11.3 Å². The molecule has 0 unspecified atom stereocenters. The van der Waals surface area contributed by atoms with Crippen molar-refractivity contribution in [1.29, 1.82) is 0 Å². The summed E-state index contributed by atoms with van der Waals surface area (Å²) in [6, 6.07) is 4.90. The zero-order chi connectivity index (χ0) is 16.5. The molecule has 120 valence electrons. The number of rotatable bonds is 5. The topological polar surface area (TPSA) is 70.1 Å². The summed E-state index contributed by atoms with van der Waals surface area (Å²) >= 11 is 6.17. The molecular formula is C16H22ClN3O2. The van der Waals surface area contributed by atoms with Gasteiger partial charge in [0.15, 0.2) is 0 Å². The molecule has 0 bridgehead atoms. The van der Waals surface area contributed by atoms with Crippen LogP contribution in [0.15, 0.2) is 23.0 Å². The van der Waals surface area contributed by atoms with Crippen LogP contribution in [0, 0.1) is 0 Å². The maximum absolute atomic E-state index is 12.8. The molecule has 1 atom stereocenters. The van der Waals surface area contributed by atoms with Gasteiger partial charge in [-0.15, -0.1) is 0 Å². The van der Waals surface area contributed by atoms with E-state index in [4.69, 9.17) is 22.1 Å². The van der Waals surface area contributed by atoms with Crippen LogP contribution in [0.4, 0.5) is 0 Å². The Kier molecular flexibility index (Phi) is 4.90. The van der Waals surface area contributed by atoms with Gasteiger partial charge < -0.3 is 10.5 Å². The maximum atomic E-state index is 12.8. The number of aromatic nitrogens is 2. The van der Waals surface area contributed by atoms with Crippen molar-refractivity contribution in [3.63, 3.8) is 0 Å². The number of nitrogens with two attached hydrogens (primary N) is 1. The van der Waals surface area contributed by atoms with Crippen molar-refractivity contribution < 1.29 is 4.74 Å². The van der Waals surface area contributed by atoms with Gasteiger partial charge in [0, 0.05) is 13.7 Å². The van der Waals surface area contributed by atoms with Crippen LogP contribution in [0.25, 0.3) is 10.9 Å². The van der Waals surface area contributed by atoms with Gasteiger partial charge in [-0.1, -0.05) is 17.7 Å². The molecule has 22 heavy (non-hydrogen) atoms. The minimum Gasteiger partial charge on any atom is -0.379 e. The molecule has 1 heterocycles. The van der Waals surface area contributed by atoms with E-state index in [1.54, 1.807) is 29.9 Å². The lowest BCUT2D eigenvalue weighted by atomic mass is 10.1. The monoisotopic (exact) mass is 323 g/mol. The predicted molar refractivity (Wildman–Crippen MR) is 89.3 cm³/mol. The van der Waals surface area contributed by atoms with Crippen LogP contribution >= 0.6 is 11.6 Å². The Morgan fingerprint density at radius 2 is 2.14 bits per heavy atom. The summed E-state index contributed by atoms with van der Waals surface area (Å²) < 4.78 is 7.03. The largest absolute Gasteiger partial charge is 0.379 e.